The highest BCUT2D eigenvalue weighted by molar-refractivity contribution is 5.93. The molecule has 0 aliphatic carbocycles. The van der Waals surface area contributed by atoms with Gasteiger partial charge >= 0.3 is 0 Å². The normalized spacial score (nSPS) is 12.0. The molecule has 0 fully saturated rings. The summed E-state index contributed by atoms with van der Waals surface area (Å²) in [5, 5.41) is 3.12. The Morgan fingerprint density at radius 2 is 1.22 bits per heavy atom. The number of carbonyl (C=O) groups is 4. The topological polar surface area (TPSA) is 278 Å². The fourth-order valence-electron chi connectivity index (χ4n) is 5.94. The van der Waals surface area contributed by atoms with Crippen LogP contribution in [0.15, 0.2) is 25.3 Å². The fraction of sp³-hybridized carbons (Fsp3) is 0.562. The van der Waals surface area contributed by atoms with Gasteiger partial charge in [0.15, 0.2) is 28.7 Å². The van der Waals surface area contributed by atoms with E-state index >= 15 is 0 Å². The van der Waals surface area contributed by atoms with Crippen molar-refractivity contribution in [2.24, 2.45) is 11.5 Å². The average molecular weight is 708 g/mol. The molecule has 4 heterocycles. The second-order valence-corrected chi connectivity index (χ2v) is 12.6. The van der Waals surface area contributed by atoms with E-state index < -0.39 is 17.0 Å². The van der Waals surface area contributed by atoms with Gasteiger partial charge in [-0.15, -0.1) is 0 Å². The van der Waals surface area contributed by atoms with Crippen LogP contribution in [0.2, 0.25) is 0 Å². The smallest absolute Gasteiger partial charge is 0.243 e. The zero-order chi connectivity index (χ0) is 37.3. The van der Waals surface area contributed by atoms with Crippen LogP contribution >= 0.6 is 0 Å². The number of hydrogen-bond acceptors (Lipinski definition) is 14. The van der Waals surface area contributed by atoms with Crippen molar-refractivity contribution < 1.29 is 19.2 Å². The number of carbonyl (C=O) groups excluding carboxylic acids is 4. The second kappa shape index (κ2) is 16.6. The van der Waals surface area contributed by atoms with Gasteiger partial charge in [0.1, 0.15) is 36.8 Å². The van der Waals surface area contributed by atoms with Crippen molar-refractivity contribution in [3.05, 3.63) is 25.3 Å². The number of amides is 3. The van der Waals surface area contributed by atoms with E-state index in [9.17, 15) is 19.2 Å². The second-order valence-electron chi connectivity index (χ2n) is 12.6. The van der Waals surface area contributed by atoms with Crippen molar-refractivity contribution >= 4 is 57.5 Å². The minimum absolute atomic E-state index is 0.138. The van der Waals surface area contributed by atoms with Crippen LogP contribution in [0, 0.1) is 0 Å². The van der Waals surface area contributed by atoms with E-state index in [4.69, 9.17) is 22.9 Å². The van der Waals surface area contributed by atoms with Gasteiger partial charge in [-0.3, -0.25) is 19.2 Å². The van der Waals surface area contributed by atoms with Crippen molar-refractivity contribution in [1.29, 1.82) is 0 Å². The number of anilines is 2. The summed E-state index contributed by atoms with van der Waals surface area (Å²) >= 11 is 0. The number of ketones is 1. The van der Waals surface area contributed by atoms with Crippen LogP contribution < -0.4 is 28.3 Å². The van der Waals surface area contributed by atoms with Gasteiger partial charge in [-0.05, 0) is 32.1 Å². The Morgan fingerprint density at radius 3 is 1.67 bits per heavy atom. The summed E-state index contributed by atoms with van der Waals surface area (Å²) in [5.41, 5.74) is 23.7. The molecule has 0 atom stereocenters. The van der Waals surface area contributed by atoms with Gasteiger partial charge in [0.25, 0.3) is 0 Å². The summed E-state index contributed by atoms with van der Waals surface area (Å²) in [5.74, 6) is -1.00. The van der Waals surface area contributed by atoms with Gasteiger partial charge in [0.05, 0.1) is 31.3 Å². The molecule has 19 heteroatoms. The molecule has 0 radical (unpaired) electrons. The first-order valence-electron chi connectivity index (χ1n) is 17.1. The number of fused-ring (bicyclic) bond motifs is 2. The van der Waals surface area contributed by atoms with Gasteiger partial charge in [-0.25, -0.2) is 29.9 Å². The van der Waals surface area contributed by atoms with Crippen LogP contribution in [-0.2, 0) is 32.3 Å². The van der Waals surface area contributed by atoms with E-state index in [0.717, 1.165) is 0 Å². The maximum atomic E-state index is 13.9. The summed E-state index contributed by atoms with van der Waals surface area (Å²) < 4.78 is 3.09. The molecule has 0 saturated heterocycles. The summed E-state index contributed by atoms with van der Waals surface area (Å²) in [6.45, 7) is 7.21. The quantitative estimate of drug-likeness (QED) is 0.0829. The Morgan fingerprint density at radius 1 is 0.725 bits per heavy atom. The molecule has 3 amide bonds. The van der Waals surface area contributed by atoms with Gasteiger partial charge in [0.2, 0.25) is 17.7 Å². The zero-order valence-corrected chi connectivity index (χ0v) is 29.7. The largest absolute Gasteiger partial charge is 0.382 e. The van der Waals surface area contributed by atoms with Crippen LogP contribution in [0.1, 0.15) is 59.8 Å². The summed E-state index contributed by atoms with van der Waals surface area (Å²) in [6, 6.07) is 0. The van der Waals surface area contributed by atoms with Gasteiger partial charge in [0, 0.05) is 25.2 Å². The van der Waals surface area contributed by atoms with Crippen molar-refractivity contribution in [2.45, 2.75) is 84.0 Å². The lowest BCUT2D eigenvalue weighted by molar-refractivity contribution is -0.138. The maximum absolute atomic E-state index is 13.9. The molecular formula is C32H49N15O4. The first-order chi connectivity index (χ1) is 24.3. The van der Waals surface area contributed by atoms with Crippen molar-refractivity contribution in [2.75, 3.05) is 44.2 Å². The third-order valence-corrected chi connectivity index (χ3v) is 9.68. The summed E-state index contributed by atoms with van der Waals surface area (Å²) in [4.78, 5) is 81.9. The molecule has 0 bridgehead atoms. The Balaban J connectivity index is 1.49. The first kappa shape index (κ1) is 38.5. The molecular weight excluding hydrogens is 658 g/mol. The molecule has 0 spiro atoms. The van der Waals surface area contributed by atoms with Crippen molar-refractivity contribution in [1.82, 2.24) is 54.2 Å². The highest BCUT2D eigenvalue weighted by Gasteiger charge is 2.35. The van der Waals surface area contributed by atoms with Crippen LogP contribution in [0.3, 0.4) is 0 Å². The Labute approximate surface area is 295 Å². The molecule has 276 valence electrons. The van der Waals surface area contributed by atoms with Crippen LogP contribution in [0.5, 0.6) is 0 Å². The minimum Gasteiger partial charge on any atom is -0.382 e. The molecule has 4 aromatic heterocycles. The molecule has 0 aliphatic heterocycles. The van der Waals surface area contributed by atoms with Gasteiger partial charge < -0.3 is 47.2 Å². The van der Waals surface area contributed by atoms with Crippen LogP contribution in [0.25, 0.3) is 22.3 Å². The van der Waals surface area contributed by atoms with Crippen molar-refractivity contribution in [3.8, 4) is 0 Å². The molecule has 51 heavy (non-hydrogen) atoms. The summed E-state index contributed by atoms with van der Waals surface area (Å²) in [7, 11) is 0. The molecule has 0 unspecified atom stereocenters. The number of aromatic nitrogens is 8. The van der Waals surface area contributed by atoms with E-state index in [1.54, 1.807) is 4.57 Å². The number of rotatable bonds is 19. The standard InChI is InChI=1S/C32H49N15O4/c1-5-31(6-2,43-22(49)14-45(12-10-33)24(51)16-47-20-42-26-28(35)38-18-40-30(26)47)9-11-44(13-21(48)32(36,7-3)8-4)23(50)15-46-19-41-25-27(34)37-17-39-29(25)46/h17-20H,5-16,33,36H2,1-4H3,(H,43,49)(H2,34,37,39)(H2,35,38,40). The molecule has 4 aromatic rings. The highest BCUT2D eigenvalue weighted by atomic mass is 16.2. The predicted octanol–water partition coefficient (Wildman–Crippen LogP) is -0.402. The fourth-order valence-corrected chi connectivity index (χ4v) is 5.94. The predicted molar refractivity (Wildman–Crippen MR) is 190 cm³/mol. The number of hydrogen-bond donors (Lipinski definition) is 5. The van der Waals surface area contributed by atoms with Gasteiger partial charge in [-0.1, -0.05) is 27.7 Å². The monoisotopic (exact) mass is 707 g/mol. The number of nitrogens with one attached hydrogen (secondary N) is 1. The third-order valence-electron chi connectivity index (χ3n) is 9.68. The Bertz CT molecular complexity index is 1850. The number of imidazole rings is 2. The lowest BCUT2D eigenvalue weighted by Crippen LogP contribution is -2.55. The van der Waals surface area contributed by atoms with Crippen LogP contribution in [-0.4, -0.2) is 116 Å². The first-order valence-corrected chi connectivity index (χ1v) is 17.1. The van der Waals surface area contributed by atoms with Crippen LogP contribution in [0.4, 0.5) is 11.6 Å². The molecule has 0 aliphatic rings. The highest BCUT2D eigenvalue weighted by Crippen LogP contribution is 2.23. The van der Waals surface area contributed by atoms with E-state index in [0.29, 0.717) is 54.4 Å². The summed E-state index contributed by atoms with van der Waals surface area (Å²) in [6.07, 6.45) is 7.66. The lowest BCUT2D eigenvalue weighted by atomic mass is 9.87. The van der Waals surface area contributed by atoms with E-state index in [1.165, 1.54) is 39.7 Å². The SMILES string of the molecule is CCC(CC)(CCN(CC(=O)C(N)(CC)CC)C(=O)Cn1cnc2c(N)ncnc21)NC(=O)CN(CCN)C(=O)Cn1cnc2c(N)ncnc21. The molecule has 19 nitrogen and oxygen atoms in total. The number of nitrogens with zero attached hydrogens (tertiary/aromatic N) is 10. The minimum atomic E-state index is -1.09. The average Bonchev–Trinajstić information content (AvgIpc) is 3.74. The van der Waals surface area contributed by atoms with E-state index in [1.807, 2.05) is 27.7 Å². The zero-order valence-electron chi connectivity index (χ0n) is 29.7. The Kier molecular flexibility index (Phi) is 12.5. The number of nitrogens with two attached hydrogens (primary N) is 4. The molecule has 0 saturated carbocycles. The Hall–Kier alpha value is -5.30. The third kappa shape index (κ3) is 8.72. The molecule has 0 aromatic carbocycles. The van der Waals surface area contributed by atoms with E-state index in [-0.39, 0.29) is 75.0 Å². The number of Topliss-reactive ketones (excluding diaryl/α,β-unsaturated/α-hetero) is 1. The lowest BCUT2D eigenvalue weighted by Gasteiger charge is -2.37. The molecule has 4 rings (SSSR count). The van der Waals surface area contributed by atoms with E-state index in [2.05, 4.69) is 35.2 Å². The number of nitrogen functional groups attached to an aromatic ring is 2. The maximum Gasteiger partial charge on any atom is 0.243 e. The van der Waals surface area contributed by atoms with Gasteiger partial charge in [-0.2, -0.15) is 0 Å². The van der Waals surface area contributed by atoms with Crippen molar-refractivity contribution in [3.63, 3.8) is 0 Å². The molecule has 9 N–H and O–H groups in total.